The number of hydrogen-bond acceptors (Lipinski definition) is 2. The Labute approximate surface area is 92.3 Å². The average Bonchev–Trinajstić information content (AvgIpc) is 2.20. The summed E-state index contributed by atoms with van der Waals surface area (Å²) in [5, 5.41) is 20.1. The maximum Gasteiger partial charge on any atom is 0.115 e. The lowest BCUT2D eigenvalue weighted by atomic mass is 9.67. The summed E-state index contributed by atoms with van der Waals surface area (Å²) in [4.78, 5) is 0. The van der Waals surface area contributed by atoms with Crippen LogP contribution in [0.3, 0.4) is 0 Å². The van der Waals surface area contributed by atoms with E-state index in [0.717, 1.165) is 18.4 Å². The van der Waals surface area contributed by atoms with E-state index in [-0.39, 0.29) is 5.41 Å². The predicted molar refractivity (Wildman–Crippen MR) is 62.7 cm³/mol. The first-order valence-corrected chi connectivity index (χ1v) is 5.78. The third-order valence-corrected chi connectivity index (χ3v) is 3.71. The summed E-state index contributed by atoms with van der Waals surface area (Å²) in [6, 6.07) is 0. The zero-order valence-corrected chi connectivity index (χ0v) is 10.1. The van der Waals surface area contributed by atoms with E-state index in [1.807, 2.05) is 13.0 Å². The Bertz CT molecular complexity index is 289. The molecule has 2 heteroatoms. The van der Waals surface area contributed by atoms with E-state index < -0.39 is 6.10 Å². The smallest absolute Gasteiger partial charge is 0.115 e. The summed E-state index contributed by atoms with van der Waals surface area (Å²) in [6.07, 6.45) is 4.77. The van der Waals surface area contributed by atoms with Gasteiger partial charge in [0, 0.05) is 5.41 Å². The Hall–Kier alpha value is -0.760. The van der Waals surface area contributed by atoms with Gasteiger partial charge in [0.05, 0.1) is 6.10 Å². The van der Waals surface area contributed by atoms with Gasteiger partial charge in [0.1, 0.15) is 5.76 Å². The molecule has 2 unspecified atom stereocenters. The Morgan fingerprint density at radius 2 is 2.00 bits per heavy atom. The molecule has 2 N–H and O–H groups in total. The summed E-state index contributed by atoms with van der Waals surface area (Å²) in [6.45, 7) is 8.21. The van der Waals surface area contributed by atoms with Crippen LogP contribution in [-0.4, -0.2) is 16.3 Å². The van der Waals surface area contributed by atoms with E-state index in [9.17, 15) is 10.2 Å². The molecule has 0 radical (unpaired) electrons. The summed E-state index contributed by atoms with van der Waals surface area (Å²) in [5.41, 5.74) is 0.551. The van der Waals surface area contributed by atoms with Crippen LogP contribution in [0.5, 0.6) is 0 Å². The second-order valence-corrected chi connectivity index (χ2v) is 4.64. The van der Waals surface area contributed by atoms with Crippen LogP contribution < -0.4 is 0 Å². The molecule has 1 rings (SSSR count). The predicted octanol–water partition coefficient (Wildman–Crippen LogP) is 3.19. The molecule has 0 saturated heterocycles. The molecule has 0 aromatic heterocycles. The second kappa shape index (κ2) is 4.40. The molecule has 0 aliphatic heterocycles. The van der Waals surface area contributed by atoms with Gasteiger partial charge in [0.2, 0.25) is 0 Å². The van der Waals surface area contributed by atoms with Crippen molar-refractivity contribution in [2.24, 2.45) is 11.3 Å². The molecule has 0 fully saturated rings. The van der Waals surface area contributed by atoms with Crippen molar-refractivity contribution in [3.63, 3.8) is 0 Å². The minimum absolute atomic E-state index is 0.303. The summed E-state index contributed by atoms with van der Waals surface area (Å²) < 4.78 is 0. The largest absolute Gasteiger partial charge is 0.508 e. The molecule has 2 atom stereocenters. The highest BCUT2D eigenvalue weighted by Gasteiger charge is 2.39. The summed E-state index contributed by atoms with van der Waals surface area (Å²) in [7, 11) is 0. The molecular weight excluding hydrogens is 188 g/mol. The number of rotatable bonds is 3. The van der Waals surface area contributed by atoms with E-state index in [4.69, 9.17) is 0 Å². The number of allylic oxidation sites excluding steroid dienone is 1. The molecule has 0 saturated carbocycles. The molecule has 0 heterocycles. The Kier molecular flexibility index (Phi) is 3.61. The van der Waals surface area contributed by atoms with Gasteiger partial charge < -0.3 is 10.2 Å². The van der Waals surface area contributed by atoms with Gasteiger partial charge in [-0.05, 0) is 36.5 Å². The lowest BCUT2D eigenvalue weighted by Crippen LogP contribution is -2.39. The van der Waals surface area contributed by atoms with Crippen molar-refractivity contribution in [2.75, 3.05) is 0 Å². The van der Waals surface area contributed by atoms with E-state index in [0.29, 0.717) is 11.7 Å². The number of hydrogen-bond donors (Lipinski definition) is 2. The van der Waals surface area contributed by atoms with Crippen LogP contribution in [-0.2, 0) is 0 Å². The standard InChI is InChI=1S/C13H22O2/c1-5-10-7-12(15)13(6-2,9(3)4)8-11(10)14/h7-9,12,14-15H,5-6H2,1-4H3. The van der Waals surface area contributed by atoms with Crippen molar-refractivity contribution in [1.29, 1.82) is 0 Å². The highest BCUT2D eigenvalue weighted by atomic mass is 16.3. The summed E-state index contributed by atoms with van der Waals surface area (Å²) in [5.74, 6) is 0.660. The van der Waals surface area contributed by atoms with Gasteiger partial charge in [-0.25, -0.2) is 0 Å². The van der Waals surface area contributed by atoms with E-state index in [1.54, 1.807) is 6.08 Å². The van der Waals surface area contributed by atoms with Crippen molar-refractivity contribution in [2.45, 2.75) is 46.6 Å². The highest BCUT2D eigenvalue weighted by molar-refractivity contribution is 5.34. The Balaban J connectivity index is 3.11. The SMILES string of the molecule is CCC1=CC(O)C(CC)(C(C)C)C=C1O. The fourth-order valence-corrected chi connectivity index (χ4v) is 2.39. The van der Waals surface area contributed by atoms with Crippen molar-refractivity contribution in [3.05, 3.63) is 23.5 Å². The molecule has 0 amide bonds. The Morgan fingerprint density at radius 1 is 1.40 bits per heavy atom. The zero-order valence-electron chi connectivity index (χ0n) is 10.1. The van der Waals surface area contributed by atoms with Gasteiger partial charge in [-0.1, -0.05) is 27.7 Å². The van der Waals surface area contributed by atoms with Crippen LogP contribution in [0.25, 0.3) is 0 Å². The normalized spacial score (nSPS) is 31.5. The molecule has 0 spiro atoms. The average molecular weight is 210 g/mol. The third-order valence-electron chi connectivity index (χ3n) is 3.71. The van der Waals surface area contributed by atoms with Crippen LogP contribution >= 0.6 is 0 Å². The molecule has 0 bridgehead atoms. The molecular formula is C13H22O2. The van der Waals surface area contributed by atoms with Crippen molar-refractivity contribution in [3.8, 4) is 0 Å². The minimum Gasteiger partial charge on any atom is -0.508 e. The van der Waals surface area contributed by atoms with Crippen molar-refractivity contribution >= 4 is 0 Å². The van der Waals surface area contributed by atoms with Crippen LogP contribution in [0.15, 0.2) is 23.5 Å². The topological polar surface area (TPSA) is 40.5 Å². The quantitative estimate of drug-likeness (QED) is 0.751. The third kappa shape index (κ3) is 1.96. The molecule has 1 aliphatic carbocycles. The minimum atomic E-state index is -0.478. The maximum atomic E-state index is 10.2. The van der Waals surface area contributed by atoms with E-state index in [1.165, 1.54) is 0 Å². The summed E-state index contributed by atoms with van der Waals surface area (Å²) >= 11 is 0. The molecule has 0 aromatic carbocycles. The monoisotopic (exact) mass is 210 g/mol. The molecule has 0 aromatic rings. The maximum absolute atomic E-state index is 10.2. The Morgan fingerprint density at radius 3 is 2.40 bits per heavy atom. The van der Waals surface area contributed by atoms with Gasteiger partial charge in [0.25, 0.3) is 0 Å². The van der Waals surface area contributed by atoms with E-state index in [2.05, 4.69) is 20.8 Å². The van der Waals surface area contributed by atoms with Crippen LogP contribution in [0, 0.1) is 11.3 Å². The first-order valence-electron chi connectivity index (χ1n) is 5.78. The number of aliphatic hydroxyl groups is 2. The van der Waals surface area contributed by atoms with Crippen LogP contribution in [0.4, 0.5) is 0 Å². The molecule has 2 nitrogen and oxygen atoms in total. The lowest BCUT2D eigenvalue weighted by molar-refractivity contribution is 0.0515. The van der Waals surface area contributed by atoms with Gasteiger partial charge in [-0.2, -0.15) is 0 Å². The van der Waals surface area contributed by atoms with E-state index >= 15 is 0 Å². The first-order chi connectivity index (χ1) is 6.97. The lowest BCUT2D eigenvalue weighted by Gasteiger charge is -2.40. The van der Waals surface area contributed by atoms with Crippen molar-refractivity contribution in [1.82, 2.24) is 0 Å². The van der Waals surface area contributed by atoms with Gasteiger partial charge >= 0.3 is 0 Å². The molecule has 86 valence electrons. The molecule has 1 aliphatic rings. The van der Waals surface area contributed by atoms with Crippen LogP contribution in [0.1, 0.15) is 40.5 Å². The van der Waals surface area contributed by atoms with Gasteiger partial charge in [-0.15, -0.1) is 0 Å². The van der Waals surface area contributed by atoms with Gasteiger partial charge in [-0.3, -0.25) is 0 Å². The molecule has 15 heavy (non-hydrogen) atoms. The van der Waals surface area contributed by atoms with Crippen LogP contribution in [0.2, 0.25) is 0 Å². The fourth-order valence-electron chi connectivity index (χ4n) is 2.39. The van der Waals surface area contributed by atoms with Crippen molar-refractivity contribution < 1.29 is 10.2 Å². The first kappa shape index (κ1) is 12.3. The fraction of sp³-hybridized carbons (Fsp3) is 0.692. The van der Waals surface area contributed by atoms with Gasteiger partial charge in [0.15, 0.2) is 0 Å². The highest BCUT2D eigenvalue weighted by Crippen LogP contribution is 2.42. The zero-order chi connectivity index (χ0) is 11.6. The second-order valence-electron chi connectivity index (χ2n) is 4.64. The number of aliphatic hydroxyl groups excluding tert-OH is 2.